The molecule has 98 valence electrons. The van der Waals surface area contributed by atoms with E-state index in [1.54, 1.807) is 12.1 Å². The van der Waals surface area contributed by atoms with Crippen LogP contribution < -0.4 is 5.73 Å². The first-order valence-electron chi connectivity index (χ1n) is 5.55. The lowest BCUT2D eigenvalue weighted by Crippen LogP contribution is -2.15. The summed E-state index contributed by atoms with van der Waals surface area (Å²) in [5.74, 6) is -0.821. The lowest BCUT2D eigenvalue weighted by Gasteiger charge is -2.23. The fraction of sp³-hybridized carbons (Fsp3) is 0.231. The van der Waals surface area contributed by atoms with Gasteiger partial charge in [-0.3, -0.25) is 4.57 Å². The lowest BCUT2D eigenvalue weighted by atomic mass is 10.2. The Bertz CT molecular complexity index is 417. The van der Waals surface area contributed by atoms with Crippen LogP contribution in [0.3, 0.4) is 0 Å². The van der Waals surface area contributed by atoms with E-state index in [1.807, 2.05) is 18.2 Å². The summed E-state index contributed by atoms with van der Waals surface area (Å²) in [6.45, 7) is 7.27. The molecule has 1 aromatic rings. The van der Waals surface area contributed by atoms with Crippen molar-refractivity contribution in [2.45, 2.75) is 5.78 Å². The zero-order valence-electron chi connectivity index (χ0n) is 10.2. The van der Waals surface area contributed by atoms with Gasteiger partial charge in [0.15, 0.2) is 0 Å². The zero-order valence-corrected chi connectivity index (χ0v) is 11.1. The minimum atomic E-state index is -3.43. The summed E-state index contributed by atoms with van der Waals surface area (Å²) in [4.78, 5) is 0. The highest BCUT2D eigenvalue weighted by atomic mass is 31.2. The molecule has 0 aliphatic carbocycles. The molecule has 0 aliphatic rings. The monoisotopic (exact) mass is 267 g/mol. The van der Waals surface area contributed by atoms with Gasteiger partial charge in [-0.25, -0.2) is 0 Å². The van der Waals surface area contributed by atoms with Crippen molar-refractivity contribution in [3.8, 4) is 0 Å². The minimum Gasteiger partial charge on any atom is -0.314 e. The third-order valence-electron chi connectivity index (χ3n) is 2.23. The third kappa shape index (κ3) is 3.93. The molecule has 0 saturated carbocycles. The number of benzene rings is 1. The fourth-order valence-electron chi connectivity index (χ4n) is 1.34. The number of hydrogen-bond donors (Lipinski definition) is 1. The van der Waals surface area contributed by atoms with Crippen LogP contribution in [-0.2, 0) is 13.6 Å². The van der Waals surface area contributed by atoms with Gasteiger partial charge in [0.1, 0.15) is 5.78 Å². The van der Waals surface area contributed by atoms with Gasteiger partial charge in [-0.1, -0.05) is 42.5 Å². The summed E-state index contributed by atoms with van der Waals surface area (Å²) in [5, 5.41) is 0. The van der Waals surface area contributed by atoms with E-state index in [4.69, 9.17) is 14.8 Å². The maximum Gasteiger partial charge on any atom is 0.352 e. The van der Waals surface area contributed by atoms with Crippen LogP contribution in [0.15, 0.2) is 55.6 Å². The molecule has 0 saturated heterocycles. The molecule has 18 heavy (non-hydrogen) atoms. The number of nitrogens with two attached hydrogens (primary N) is 1. The van der Waals surface area contributed by atoms with Crippen molar-refractivity contribution in [1.82, 2.24) is 0 Å². The first kappa shape index (κ1) is 14.9. The van der Waals surface area contributed by atoms with Crippen LogP contribution >= 0.6 is 7.60 Å². The van der Waals surface area contributed by atoms with Gasteiger partial charge in [-0.05, 0) is 5.56 Å². The maximum atomic E-state index is 12.6. The summed E-state index contributed by atoms with van der Waals surface area (Å²) in [7, 11) is -3.43. The Hall–Kier alpha value is -1.19. The molecule has 0 heterocycles. The standard InChI is InChI=1S/C13H18NO3P/c1-3-10-16-18(15,17-11-4-2)13(14)12-8-6-5-7-9-12/h3-9,13H,1-2,10-11,14H2/t13-/m1/s1. The molecule has 5 heteroatoms. The average molecular weight is 267 g/mol. The molecule has 4 nitrogen and oxygen atoms in total. The molecule has 0 aromatic heterocycles. The normalized spacial score (nSPS) is 12.9. The molecular weight excluding hydrogens is 249 g/mol. The van der Waals surface area contributed by atoms with E-state index in [-0.39, 0.29) is 13.2 Å². The maximum absolute atomic E-state index is 12.6. The molecule has 1 aromatic carbocycles. The average Bonchev–Trinajstić information content (AvgIpc) is 2.43. The lowest BCUT2D eigenvalue weighted by molar-refractivity contribution is 0.228. The van der Waals surface area contributed by atoms with Gasteiger partial charge in [0.25, 0.3) is 0 Å². The van der Waals surface area contributed by atoms with E-state index in [0.29, 0.717) is 5.56 Å². The van der Waals surface area contributed by atoms with Crippen LogP contribution in [0.1, 0.15) is 11.3 Å². The highest BCUT2D eigenvalue weighted by molar-refractivity contribution is 7.54. The van der Waals surface area contributed by atoms with Gasteiger partial charge in [0.2, 0.25) is 0 Å². The molecule has 0 aliphatic heterocycles. The smallest absolute Gasteiger partial charge is 0.314 e. The quantitative estimate of drug-likeness (QED) is 0.580. The van der Waals surface area contributed by atoms with Crippen molar-refractivity contribution in [2.24, 2.45) is 5.73 Å². The first-order chi connectivity index (χ1) is 8.64. The van der Waals surface area contributed by atoms with Crippen LogP contribution in [0.4, 0.5) is 0 Å². The van der Waals surface area contributed by atoms with Gasteiger partial charge in [-0.15, -0.1) is 13.2 Å². The Labute approximate surface area is 108 Å². The van der Waals surface area contributed by atoms with E-state index in [9.17, 15) is 4.57 Å². The van der Waals surface area contributed by atoms with Gasteiger partial charge in [-0.2, -0.15) is 0 Å². The van der Waals surface area contributed by atoms with Crippen LogP contribution in [0.5, 0.6) is 0 Å². The van der Waals surface area contributed by atoms with Gasteiger partial charge >= 0.3 is 7.60 Å². The minimum absolute atomic E-state index is 0.120. The fourth-order valence-corrected chi connectivity index (χ4v) is 2.90. The van der Waals surface area contributed by atoms with E-state index in [2.05, 4.69) is 13.2 Å². The Kier molecular flexibility index (Phi) is 6.02. The summed E-state index contributed by atoms with van der Waals surface area (Å²) >= 11 is 0. The second kappa shape index (κ2) is 7.29. The number of rotatable bonds is 8. The number of hydrogen-bond acceptors (Lipinski definition) is 4. The largest absolute Gasteiger partial charge is 0.352 e. The Morgan fingerprint density at radius 3 is 2.11 bits per heavy atom. The first-order valence-corrected chi connectivity index (χ1v) is 7.16. The summed E-state index contributed by atoms with van der Waals surface area (Å²) < 4.78 is 23.0. The Balaban J connectivity index is 2.91. The van der Waals surface area contributed by atoms with Crippen molar-refractivity contribution in [1.29, 1.82) is 0 Å². The third-order valence-corrected chi connectivity index (χ3v) is 4.22. The van der Waals surface area contributed by atoms with Crippen molar-refractivity contribution < 1.29 is 13.6 Å². The second-order valence-corrected chi connectivity index (χ2v) is 5.72. The van der Waals surface area contributed by atoms with Crippen molar-refractivity contribution in [3.63, 3.8) is 0 Å². The molecular formula is C13H18NO3P. The summed E-state index contributed by atoms with van der Waals surface area (Å²) in [6.07, 6.45) is 3.00. The second-order valence-electron chi connectivity index (χ2n) is 3.56. The van der Waals surface area contributed by atoms with Crippen molar-refractivity contribution in [2.75, 3.05) is 13.2 Å². The summed E-state index contributed by atoms with van der Waals surface area (Å²) in [6, 6.07) is 9.06. The highest BCUT2D eigenvalue weighted by Gasteiger charge is 2.33. The van der Waals surface area contributed by atoms with E-state index >= 15 is 0 Å². The zero-order chi connectivity index (χ0) is 13.4. The molecule has 1 rings (SSSR count). The van der Waals surface area contributed by atoms with E-state index in [1.165, 1.54) is 12.2 Å². The highest BCUT2D eigenvalue weighted by Crippen LogP contribution is 2.58. The van der Waals surface area contributed by atoms with E-state index < -0.39 is 13.4 Å². The van der Waals surface area contributed by atoms with Crippen LogP contribution in [0.25, 0.3) is 0 Å². The van der Waals surface area contributed by atoms with E-state index in [0.717, 1.165) is 0 Å². The van der Waals surface area contributed by atoms with Gasteiger partial charge in [0.05, 0.1) is 13.2 Å². The van der Waals surface area contributed by atoms with Gasteiger partial charge < -0.3 is 14.8 Å². The molecule has 0 radical (unpaired) electrons. The molecule has 0 bridgehead atoms. The molecule has 2 N–H and O–H groups in total. The predicted octanol–water partition coefficient (Wildman–Crippen LogP) is 3.24. The van der Waals surface area contributed by atoms with Crippen LogP contribution in [0, 0.1) is 0 Å². The molecule has 0 spiro atoms. The summed E-state index contributed by atoms with van der Waals surface area (Å²) in [5.41, 5.74) is 6.68. The Morgan fingerprint density at radius 1 is 1.17 bits per heavy atom. The van der Waals surface area contributed by atoms with Crippen LogP contribution in [-0.4, -0.2) is 13.2 Å². The predicted molar refractivity (Wildman–Crippen MR) is 73.3 cm³/mol. The van der Waals surface area contributed by atoms with Crippen molar-refractivity contribution >= 4 is 7.60 Å². The SMILES string of the molecule is C=CCOP(=O)(OCC=C)[C@@H](N)c1ccccc1. The molecule has 0 amide bonds. The molecule has 0 unspecified atom stereocenters. The Morgan fingerprint density at radius 2 is 1.67 bits per heavy atom. The van der Waals surface area contributed by atoms with Crippen LogP contribution in [0.2, 0.25) is 0 Å². The molecule has 1 atom stereocenters. The van der Waals surface area contributed by atoms with Gasteiger partial charge in [0, 0.05) is 0 Å². The topological polar surface area (TPSA) is 61.5 Å². The van der Waals surface area contributed by atoms with Crippen molar-refractivity contribution in [3.05, 3.63) is 61.2 Å². The molecule has 0 fully saturated rings.